The molecule has 0 saturated heterocycles. The van der Waals surface area contributed by atoms with E-state index in [4.69, 9.17) is 5.73 Å². The summed E-state index contributed by atoms with van der Waals surface area (Å²) in [6.07, 6.45) is -4.05. The number of hydrogen-bond acceptors (Lipinski definition) is 2. The Hall–Kier alpha value is -0.750. The van der Waals surface area contributed by atoms with Crippen LogP contribution in [0.2, 0.25) is 0 Å². The predicted octanol–water partition coefficient (Wildman–Crippen LogP) is 2.85. The second-order valence-electron chi connectivity index (χ2n) is 2.85. The van der Waals surface area contributed by atoms with Crippen molar-refractivity contribution in [3.63, 3.8) is 0 Å². The van der Waals surface area contributed by atoms with Crippen LogP contribution in [0.25, 0.3) is 0 Å². The molecule has 6 heteroatoms. The fourth-order valence-corrected chi connectivity index (χ4v) is 1.58. The Balaban J connectivity index is 2.84. The van der Waals surface area contributed by atoms with Crippen LogP contribution in [0.4, 0.5) is 13.2 Å². The Kier molecular flexibility index (Phi) is 3.98. The summed E-state index contributed by atoms with van der Waals surface area (Å²) >= 11 is 3.00. The number of nitrogens with two attached hydrogens (primary N) is 1. The van der Waals surface area contributed by atoms with Gasteiger partial charge in [0.1, 0.15) is 5.75 Å². The zero-order valence-electron chi connectivity index (χ0n) is 7.64. The van der Waals surface area contributed by atoms with Crippen molar-refractivity contribution in [1.82, 2.24) is 0 Å². The minimum Gasteiger partial charge on any atom is -0.405 e. The molecule has 0 aliphatic rings. The van der Waals surface area contributed by atoms with Gasteiger partial charge in [0.2, 0.25) is 0 Å². The molecule has 0 heterocycles. The highest BCUT2D eigenvalue weighted by Gasteiger charge is 2.31. The van der Waals surface area contributed by atoms with Gasteiger partial charge in [0.05, 0.1) is 4.47 Å². The van der Waals surface area contributed by atoms with Crippen molar-refractivity contribution in [2.75, 3.05) is 6.54 Å². The molecule has 1 aromatic rings. The number of benzene rings is 1. The second kappa shape index (κ2) is 4.85. The van der Waals surface area contributed by atoms with Crippen LogP contribution >= 0.6 is 15.9 Å². The molecule has 0 aromatic heterocycles. The van der Waals surface area contributed by atoms with Crippen LogP contribution in [0, 0.1) is 0 Å². The maximum Gasteiger partial charge on any atom is 0.573 e. The van der Waals surface area contributed by atoms with Gasteiger partial charge in [-0.05, 0) is 46.6 Å². The quantitative estimate of drug-likeness (QED) is 0.926. The minimum atomic E-state index is -4.67. The summed E-state index contributed by atoms with van der Waals surface area (Å²) < 4.78 is 39.8. The molecule has 15 heavy (non-hydrogen) atoms. The van der Waals surface area contributed by atoms with Crippen LogP contribution in [0.15, 0.2) is 22.7 Å². The van der Waals surface area contributed by atoms with E-state index < -0.39 is 6.36 Å². The minimum absolute atomic E-state index is 0.247. The molecule has 0 saturated carbocycles. The summed E-state index contributed by atoms with van der Waals surface area (Å²) in [7, 11) is 0. The normalized spacial score (nSPS) is 11.5. The smallest absolute Gasteiger partial charge is 0.405 e. The molecule has 1 aromatic carbocycles. The first kappa shape index (κ1) is 12.3. The van der Waals surface area contributed by atoms with Crippen molar-refractivity contribution in [2.45, 2.75) is 12.8 Å². The van der Waals surface area contributed by atoms with E-state index >= 15 is 0 Å². The van der Waals surface area contributed by atoms with Gasteiger partial charge in [0.25, 0.3) is 0 Å². The monoisotopic (exact) mass is 283 g/mol. The van der Waals surface area contributed by atoms with Crippen LogP contribution in [-0.2, 0) is 6.42 Å². The summed E-state index contributed by atoms with van der Waals surface area (Å²) in [6, 6.07) is 4.38. The molecule has 2 nitrogen and oxygen atoms in total. The Morgan fingerprint density at radius 3 is 2.47 bits per heavy atom. The first-order valence-corrected chi connectivity index (χ1v) is 4.96. The fraction of sp³-hybridized carbons (Fsp3) is 0.333. The average Bonchev–Trinajstić information content (AvgIpc) is 2.08. The Labute approximate surface area is 93.3 Å². The molecule has 0 fully saturated rings. The first-order chi connectivity index (χ1) is 6.92. The molecule has 0 bridgehead atoms. The lowest BCUT2D eigenvalue weighted by Gasteiger charge is -2.11. The van der Waals surface area contributed by atoms with Crippen LogP contribution < -0.4 is 10.5 Å². The molecule has 0 spiro atoms. The zero-order valence-corrected chi connectivity index (χ0v) is 9.23. The third kappa shape index (κ3) is 4.09. The first-order valence-electron chi connectivity index (χ1n) is 4.16. The number of hydrogen-bond donors (Lipinski definition) is 1. The van der Waals surface area contributed by atoms with Gasteiger partial charge >= 0.3 is 6.36 Å². The lowest BCUT2D eigenvalue weighted by atomic mass is 10.1. The van der Waals surface area contributed by atoms with Gasteiger partial charge in [0.15, 0.2) is 0 Å². The number of ether oxygens (including phenoxy) is 1. The van der Waals surface area contributed by atoms with E-state index in [0.29, 0.717) is 13.0 Å². The van der Waals surface area contributed by atoms with E-state index in [2.05, 4.69) is 20.7 Å². The van der Waals surface area contributed by atoms with Crippen LogP contribution in [0.1, 0.15) is 5.56 Å². The van der Waals surface area contributed by atoms with Gasteiger partial charge in [-0.15, -0.1) is 13.2 Å². The average molecular weight is 284 g/mol. The molecule has 0 atom stereocenters. The highest BCUT2D eigenvalue weighted by molar-refractivity contribution is 9.10. The molecular weight excluding hydrogens is 275 g/mol. The molecule has 1 rings (SSSR count). The summed E-state index contributed by atoms with van der Waals surface area (Å²) in [5.41, 5.74) is 6.18. The SMILES string of the molecule is NCCc1ccc(OC(F)(F)F)c(Br)c1. The van der Waals surface area contributed by atoms with Crippen LogP contribution in [-0.4, -0.2) is 12.9 Å². The van der Waals surface area contributed by atoms with Crippen LogP contribution in [0.5, 0.6) is 5.75 Å². The summed E-state index contributed by atoms with van der Waals surface area (Å²) in [6.45, 7) is 0.450. The van der Waals surface area contributed by atoms with Gasteiger partial charge in [0, 0.05) is 0 Å². The molecular formula is C9H9BrF3NO. The Morgan fingerprint density at radius 2 is 2.00 bits per heavy atom. The van der Waals surface area contributed by atoms with Gasteiger partial charge in [-0.3, -0.25) is 0 Å². The standard InChI is InChI=1S/C9H9BrF3NO/c10-7-5-6(3-4-14)1-2-8(7)15-9(11,12)13/h1-2,5H,3-4,14H2. The molecule has 0 aliphatic heterocycles. The van der Waals surface area contributed by atoms with E-state index in [1.807, 2.05) is 0 Å². The van der Waals surface area contributed by atoms with E-state index in [1.165, 1.54) is 6.07 Å². The lowest BCUT2D eigenvalue weighted by Crippen LogP contribution is -2.17. The fourth-order valence-electron chi connectivity index (χ4n) is 1.07. The van der Waals surface area contributed by atoms with Crippen molar-refractivity contribution in [3.05, 3.63) is 28.2 Å². The largest absolute Gasteiger partial charge is 0.573 e. The second-order valence-corrected chi connectivity index (χ2v) is 3.71. The molecule has 2 N–H and O–H groups in total. The van der Waals surface area contributed by atoms with Crippen molar-refractivity contribution in [1.29, 1.82) is 0 Å². The third-order valence-electron chi connectivity index (χ3n) is 1.65. The predicted molar refractivity (Wildman–Crippen MR) is 53.6 cm³/mol. The van der Waals surface area contributed by atoms with Crippen molar-refractivity contribution in [3.8, 4) is 5.75 Å². The molecule has 84 valence electrons. The maximum atomic E-state index is 11.9. The van der Waals surface area contributed by atoms with E-state index in [9.17, 15) is 13.2 Å². The number of halogens is 4. The summed E-state index contributed by atoms with van der Waals surface area (Å²) in [5, 5.41) is 0. The van der Waals surface area contributed by atoms with Crippen molar-refractivity contribution < 1.29 is 17.9 Å². The summed E-state index contributed by atoms with van der Waals surface area (Å²) in [5.74, 6) is -0.247. The highest BCUT2D eigenvalue weighted by atomic mass is 79.9. The van der Waals surface area contributed by atoms with Gasteiger partial charge in [-0.1, -0.05) is 6.07 Å². The third-order valence-corrected chi connectivity index (χ3v) is 2.27. The van der Waals surface area contributed by atoms with E-state index in [-0.39, 0.29) is 10.2 Å². The van der Waals surface area contributed by atoms with Gasteiger partial charge in [-0.25, -0.2) is 0 Å². The van der Waals surface area contributed by atoms with Crippen molar-refractivity contribution in [2.24, 2.45) is 5.73 Å². The maximum absolute atomic E-state index is 11.9. The molecule has 0 aliphatic carbocycles. The van der Waals surface area contributed by atoms with Gasteiger partial charge < -0.3 is 10.5 Å². The van der Waals surface area contributed by atoms with E-state index in [1.54, 1.807) is 12.1 Å². The highest BCUT2D eigenvalue weighted by Crippen LogP contribution is 2.30. The van der Waals surface area contributed by atoms with E-state index in [0.717, 1.165) is 5.56 Å². The molecule has 0 amide bonds. The molecule has 0 unspecified atom stereocenters. The van der Waals surface area contributed by atoms with Crippen LogP contribution in [0.3, 0.4) is 0 Å². The lowest BCUT2D eigenvalue weighted by molar-refractivity contribution is -0.274. The number of alkyl halides is 3. The topological polar surface area (TPSA) is 35.2 Å². The van der Waals surface area contributed by atoms with Crippen molar-refractivity contribution >= 4 is 15.9 Å². The summed E-state index contributed by atoms with van der Waals surface area (Å²) in [4.78, 5) is 0. The zero-order chi connectivity index (χ0) is 11.5. The Bertz CT molecular complexity index is 341. The Morgan fingerprint density at radius 1 is 1.33 bits per heavy atom. The number of rotatable bonds is 3. The van der Waals surface area contributed by atoms with Gasteiger partial charge in [-0.2, -0.15) is 0 Å². The molecule has 0 radical (unpaired) electrons.